The van der Waals surface area contributed by atoms with Crippen LogP contribution in [-0.2, 0) is 9.53 Å². The van der Waals surface area contributed by atoms with Crippen LogP contribution in [0.2, 0.25) is 5.02 Å². The van der Waals surface area contributed by atoms with E-state index in [1.54, 1.807) is 0 Å². The number of hydrogen-bond donors (Lipinski definition) is 1. The average Bonchev–Trinajstić information content (AvgIpc) is 2.79. The summed E-state index contributed by atoms with van der Waals surface area (Å²) in [5, 5.41) is 8.54. The third-order valence-corrected chi connectivity index (χ3v) is 4.50. The van der Waals surface area contributed by atoms with Gasteiger partial charge in [0.15, 0.2) is 0 Å². The van der Waals surface area contributed by atoms with Crippen molar-refractivity contribution >= 4 is 17.6 Å². The molecule has 0 aromatic heterocycles. The molecule has 0 spiro atoms. The molecule has 0 aliphatic carbocycles. The molecule has 5 nitrogen and oxygen atoms in total. The lowest BCUT2D eigenvalue weighted by atomic mass is 9.96. The summed E-state index contributed by atoms with van der Waals surface area (Å²) in [4.78, 5) is 14.8. The summed E-state index contributed by atoms with van der Waals surface area (Å²) in [6.45, 7) is -0.774. The van der Waals surface area contributed by atoms with E-state index in [4.69, 9.17) is 32.4 Å². The van der Waals surface area contributed by atoms with Gasteiger partial charge in [0.1, 0.15) is 6.56 Å². The van der Waals surface area contributed by atoms with E-state index in [9.17, 15) is 4.79 Å². The highest BCUT2D eigenvalue weighted by Gasteiger charge is 2.26. The molecule has 144 valence electrons. The van der Waals surface area contributed by atoms with E-state index in [0.29, 0.717) is 38.3 Å². The molecule has 0 saturated carbocycles. The zero-order chi connectivity index (χ0) is 26.1. The summed E-state index contributed by atoms with van der Waals surface area (Å²) >= 11 is 6.00. The number of hydrogen-bond acceptors (Lipinski definition) is 4. The van der Waals surface area contributed by atoms with Gasteiger partial charge < -0.3 is 9.84 Å². The molecule has 1 atom stereocenters. The highest BCUT2D eigenvalue weighted by atomic mass is 35.5. The molecule has 3 rings (SSSR count). The lowest BCUT2D eigenvalue weighted by molar-refractivity contribution is -0.142. The fourth-order valence-corrected chi connectivity index (χ4v) is 3.15. The molecule has 27 heavy (non-hydrogen) atoms. The summed E-state index contributed by atoms with van der Waals surface area (Å²) in [5.74, 6) is -1.70. The Morgan fingerprint density at radius 3 is 2.48 bits per heavy atom. The van der Waals surface area contributed by atoms with E-state index < -0.39 is 18.6 Å². The van der Waals surface area contributed by atoms with Crippen LogP contribution in [-0.4, -0.2) is 66.8 Å². The maximum atomic E-state index is 10.8. The molecule has 0 radical (unpaired) electrons. The smallest absolute Gasteiger partial charge is 0.329 e. The zero-order valence-corrected chi connectivity index (χ0v) is 15.3. The number of halogens is 1. The molecule has 2 aromatic carbocycles. The summed E-state index contributed by atoms with van der Waals surface area (Å²) in [6, 6.07) is 2.59. The van der Waals surface area contributed by atoms with Crippen molar-refractivity contribution < 1.29 is 25.6 Å². The minimum atomic E-state index is -2.77. The van der Waals surface area contributed by atoms with Crippen molar-refractivity contribution in [2.75, 3.05) is 45.9 Å². The lowest BCUT2D eigenvalue weighted by Crippen LogP contribution is -2.48. The minimum Gasteiger partial charge on any atom is -0.480 e. The van der Waals surface area contributed by atoms with E-state index in [1.165, 1.54) is 18.2 Å². The van der Waals surface area contributed by atoms with Gasteiger partial charge in [0.2, 0.25) is 0 Å². The molecule has 1 aliphatic rings. The number of aliphatic carboxylic acids is 1. The van der Waals surface area contributed by atoms with Crippen molar-refractivity contribution in [3.05, 3.63) is 70.6 Å². The Kier molecular flexibility index (Phi) is 4.31. The molecule has 1 heterocycles. The van der Waals surface area contributed by atoms with Gasteiger partial charge in [0.25, 0.3) is 0 Å². The van der Waals surface area contributed by atoms with Gasteiger partial charge in [0.05, 0.1) is 23.6 Å². The van der Waals surface area contributed by atoms with Crippen molar-refractivity contribution in [2.24, 2.45) is 0 Å². The predicted molar refractivity (Wildman–Crippen MR) is 106 cm³/mol. The molecule has 6 heteroatoms. The van der Waals surface area contributed by atoms with Gasteiger partial charge in [-0.05, 0) is 23.2 Å². The van der Waals surface area contributed by atoms with Gasteiger partial charge >= 0.3 is 5.97 Å². The molecule has 1 N–H and O–H groups in total. The van der Waals surface area contributed by atoms with Gasteiger partial charge in [-0.3, -0.25) is 9.80 Å². The van der Waals surface area contributed by atoms with Gasteiger partial charge in [-0.1, -0.05) is 54.0 Å². The normalized spacial score (nSPS) is 21.7. The van der Waals surface area contributed by atoms with Crippen LogP contribution in [0.1, 0.15) is 28.1 Å². The van der Waals surface area contributed by atoms with Crippen LogP contribution in [0.4, 0.5) is 0 Å². The van der Waals surface area contributed by atoms with Crippen LogP contribution in [0, 0.1) is 0 Å². The largest absolute Gasteiger partial charge is 0.480 e. The SMILES string of the molecule is [2H]c1cc([2H])cc(C(c2c([2H])c([2H])c(Cl)c([2H])c2[2H])N2CCN(CCOC([2H])([2H])C(=O)O)CC2)c1. The molecule has 0 amide bonds. The Morgan fingerprint density at radius 2 is 1.85 bits per heavy atom. The maximum absolute atomic E-state index is 10.8. The topological polar surface area (TPSA) is 53.0 Å². The Hall–Kier alpha value is -1.92. The highest BCUT2D eigenvalue weighted by molar-refractivity contribution is 6.30. The number of benzene rings is 2. The van der Waals surface area contributed by atoms with E-state index in [0.717, 1.165) is 0 Å². The van der Waals surface area contributed by atoms with E-state index in [2.05, 4.69) is 0 Å². The van der Waals surface area contributed by atoms with Crippen molar-refractivity contribution in [3.63, 3.8) is 0 Å². The van der Waals surface area contributed by atoms with Crippen LogP contribution in [0.3, 0.4) is 0 Å². The zero-order valence-electron chi connectivity index (χ0n) is 22.6. The first-order valence-corrected chi connectivity index (χ1v) is 8.89. The van der Waals surface area contributed by atoms with Crippen molar-refractivity contribution in [1.82, 2.24) is 9.80 Å². The van der Waals surface area contributed by atoms with Crippen molar-refractivity contribution in [3.8, 4) is 0 Å². The standard InChI is InChI=1S/C21H25ClN2O3/c22-19-8-6-18(7-9-19)21(17-4-2-1-3-5-17)24-12-10-23(11-13-24)14-15-27-16-20(25)26/h1-9,21H,10-16H2,(H,25,26)/i2D,3D,6D,7D,8D,9D,16D2. The van der Waals surface area contributed by atoms with Crippen molar-refractivity contribution in [1.29, 1.82) is 0 Å². The summed E-state index contributed by atoms with van der Waals surface area (Å²) in [6.07, 6.45) is 0. The lowest BCUT2D eigenvalue weighted by Gasteiger charge is -2.39. The van der Waals surface area contributed by atoms with Crippen LogP contribution < -0.4 is 0 Å². The van der Waals surface area contributed by atoms with E-state index in [1.807, 2.05) is 9.80 Å². The average molecular weight is 397 g/mol. The van der Waals surface area contributed by atoms with Gasteiger partial charge in [0, 0.05) is 37.7 Å². The number of piperazine rings is 1. The molecule has 1 saturated heterocycles. The molecule has 1 unspecified atom stereocenters. The molecule has 1 fully saturated rings. The molecular formula is C21H25ClN2O3. The number of nitrogens with zero attached hydrogens (tertiary/aromatic N) is 2. The Morgan fingerprint density at radius 1 is 1.19 bits per heavy atom. The molecule has 1 aliphatic heterocycles. The number of rotatable bonds is 8. The predicted octanol–water partition coefficient (Wildman–Crippen LogP) is 3.15. The third kappa shape index (κ3) is 5.78. The Balaban J connectivity index is 1.88. The first kappa shape index (κ1) is 11.8. The second-order valence-electron chi connectivity index (χ2n) is 6.03. The highest BCUT2D eigenvalue weighted by Crippen LogP contribution is 2.30. The number of carbonyl (C=O) groups is 1. The van der Waals surface area contributed by atoms with Gasteiger partial charge in [-0.15, -0.1) is 0 Å². The first-order chi connectivity index (χ1) is 16.3. The van der Waals surface area contributed by atoms with Gasteiger partial charge in [-0.2, -0.15) is 0 Å². The Bertz CT molecular complexity index is 1060. The minimum absolute atomic E-state index is 0.0882. The third-order valence-electron chi connectivity index (χ3n) is 4.31. The quantitative estimate of drug-likeness (QED) is 0.742. The molecule has 2 aromatic rings. The fourth-order valence-electron chi connectivity index (χ4n) is 3.06. The Labute approximate surface area is 176 Å². The second kappa shape index (κ2) is 9.85. The molecule has 0 bridgehead atoms. The van der Waals surface area contributed by atoms with Crippen LogP contribution in [0.25, 0.3) is 0 Å². The summed E-state index contributed by atoms with van der Waals surface area (Å²) < 4.78 is 68.8. The molecular weight excluding hydrogens is 364 g/mol. The van der Waals surface area contributed by atoms with Crippen LogP contribution in [0.5, 0.6) is 0 Å². The summed E-state index contributed by atoms with van der Waals surface area (Å²) in [7, 11) is 0. The number of ether oxygens (including phenoxy) is 1. The fraction of sp³-hybridized carbons (Fsp3) is 0.381. The van der Waals surface area contributed by atoms with Gasteiger partial charge in [-0.25, -0.2) is 4.79 Å². The van der Waals surface area contributed by atoms with E-state index in [-0.39, 0.29) is 53.4 Å². The maximum Gasteiger partial charge on any atom is 0.329 e. The summed E-state index contributed by atoms with van der Waals surface area (Å²) in [5.41, 5.74) is 0.609. The van der Waals surface area contributed by atoms with Crippen molar-refractivity contribution in [2.45, 2.75) is 6.04 Å². The number of carboxylic acids is 1. The van der Waals surface area contributed by atoms with E-state index >= 15 is 0 Å². The number of carboxylic acid groups (broad SMARTS) is 1. The first-order valence-electron chi connectivity index (χ1n) is 12.5. The second-order valence-corrected chi connectivity index (χ2v) is 6.41. The van der Waals surface area contributed by atoms with Crippen LogP contribution >= 0.6 is 11.6 Å². The monoisotopic (exact) mass is 396 g/mol. The van der Waals surface area contributed by atoms with Crippen LogP contribution in [0.15, 0.2) is 54.5 Å².